The molecule has 1 radical (unpaired) electrons. The van der Waals surface area contributed by atoms with E-state index in [1.807, 2.05) is 41.6 Å². The van der Waals surface area contributed by atoms with Crippen LogP contribution in [0.1, 0.15) is 5.56 Å². The van der Waals surface area contributed by atoms with Crippen LogP contribution in [0.4, 0.5) is 5.69 Å². The molecule has 0 spiro atoms. The van der Waals surface area contributed by atoms with E-state index < -0.39 is 0 Å². The highest BCUT2D eigenvalue weighted by Gasteiger charge is 2.03. The summed E-state index contributed by atoms with van der Waals surface area (Å²) in [6.45, 7) is 0. The summed E-state index contributed by atoms with van der Waals surface area (Å²) in [5, 5.41) is 0. The maximum atomic E-state index is 4.08. The Morgan fingerprint density at radius 1 is 1.25 bits per heavy atom. The molecule has 0 fully saturated rings. The first-order valence-electron chi connectivity index (χ1n) is 3.76. The molecule has 0 saturated heterocycles. The summed E-state index contributed by atoms with van der Waals surface area (Å²) in [6, 6.07) is 8.02. The Kier molecular flexibility index (Phi) is 1.67. The molecule has 2 heteroatoms. The van der Waals surface area contributed by atoms with Crippen LogP contribution in [0.2, 0.25) is 0 Å². The van der Waals surface area contributed by atoms with Crippen LogP contribution in [0.3, 0.4) is 0 Å². The summed E-state index contributed by atoms with van der Waals surface area (Å²) in [5.41, 5.74) is 2.17. The molecule has 1 aliphatic heterocycles. The molecular formula is C10H9N2. The standard InChI is InChI=1S/C10H9N2/c1-12-7-6-11-8-9-4-2-3-5-10(9)12/h2-8H,1H2. The third-order valence-corrected chi connectivity index (χ3v) is 1.79. The molecule has 0 amide bonds. The quantitative estimate of drug-likeness (QED) is 0.563. The third-order valence-electron chi connectivity index (χ3n) is 1.79. The normalized spacial score (nSPS) is 14.2. The lowest BCUT2D eigenvalue weighted by atomic mass is 10.2. The van der Waals surface area contributed by atoms with Crippen LogP contribution in [-0.4, -0.2) is 6.21 Å². The number of hydrogen-bond donors (Lipinski definition) is 0. The zero-order valence-corrected chi connectivity index (χ0v) is 6.64. The average Bonchev–Trinajstić information content (AvgIpc) is 2.29. The molecule has 0 aromatic heterocycles. The van der Waals surface area contributed by atoms with Crippen molar-refractivity contribution in [2.45, 2.75) is 0 Å². The Morgan fingerprint density at radius 3 is 3.00 bits per heavy atom. The van der Waals surface area contributed by atoms with E-state index in [2.05, 4.69) is 12.0 Å². The molecule has 1 aromatic rings. The summed E-state index contributed by atoms with van der Waals surface area (Å²) in [7, 11) is 3.87. The monoisotopic (exact) mass is 157 g/mol. The van der Waals surface area contributed by atoms with E-state index >= 15 is 0 Å². The third kappa shape index (κ3) is 1.11. The number of para-hydroxylation sites is 1. The molecule has 12 heavy (non-hydrogen) atoms. The average molecular weight is 157 g/mol. The molecule has 1 aliphatic rings. The molecule has 0 atom stereocenters. The molecule has 1 aromatic carbocycles. The van der Waals surface area contributed by atoms with E-state index in [0.29, 0.717) is 0 Å². The van der Waals surface area contributed by atoms with Gasteiger partial charge in [0, 0.05) is 36.9 Å². The van der Waals surface area contributed by atoms with Gasteiger partial charge in [-0.05, 0) is 6.07 Å². The van der Waals surface area contributed by atoms with Gasteiger partial charge in [-0.25, -0.2) is 0 Å². The fraction of sp³-hybridized carbons (Fsp3) is 0. The van der Waals surface area contributed by atoms with Crippen LogP contribution in [0, 0.1) is 7.05 Å². The van der Waals surface area contributed by atoms with Gasteiger partial charge in [-0.15, -0.1) is 0 Å². The number of aliphatic imine (C=N–C) groups is 1. The molecule has 0 bridgehead atoms. The molecule has 59 valence electrons. The van der Waals surface area contributed by atoms with Gasteiger partial charge in [0.25, 0.3) is 0 Å². The predicted octanol–water partition coefficient (Wildman–Crippen LogP) is 2.19. The van der Waals surface area contributed by atoms with Gasteiger partial charge in [0.1, 0.15) is 0 Å². The maximum absolute atomic E-state index is 4.08. The first-order chi connectivity index (χ1) is 5.88. The lowest BCUT2D eigenvalue weighted by Crippen LogP contribution is -2.05. The van der Waals surface area contributed by atoms with E-state index in [4.69, 9.17) is 0 Å². The van der Waals surface area contributed by atoms with Crippen molar-refractivity contribution >= 4 is 11.9 Å². The number of fused-ring (bicyclic) bond motifs is 1. The first kappa shape index (κ1) is 7.10. The van der Waals surface area contributed by atoms with Gasteiger partial charge in [-0.2, -0.15) is 0 Å². The van der Waals surface area contributed by atoms with Gasteiger partial charge >= 0.3 is 0 Å². The van der Waals surface area contributed by atoms with Crippen molar-refractivity contribution in [3.05, 3.63) is 49.3 Å². The zero-order chi connectivity index (χ0) is 8.39. The van der Waals surface area contributed by atoms with Gasteiger partial charge < -0.3 is 4.90 Å². The number of anilines is 1. The maximum Gasteiger partial charge on any atom is 0.0496 e. The molecular weight excluding hydrogens is 148 g/mol. The fourth-order valence-corrected chi connectivity index (χ4v) is 1.18. The molecule has 2 nitrogen and oxygen atoms in total. The van der Waals surface area contributed by atoms with Crippen molar-refractivity contribution in [3.8, 4) is 0 Å². The number of nitrogens with zero attached hydrogens (tertiary/aromatic N) is 2. The minimum absolute atomic E-state index is 1.08. The number of hydrogen-bond acceptors (Lipinski definition) is 2. The highest BCUT2D eigenvalue weighted by atomic mass is 15.1. The van der Waals surface area contributed by atoms with E-state index in [0.717, 1.165) is 11.3 Å². The smallest absolute Gasteiger partial charge is 0.0496 e. The molecule has 0 saturated carbocycles. The second-order valence-electron chi connectivity index (χ2n) is 2.60. The Morgan fingerprint density at radius 2 is 2.08 bits per heavy atom. The van der Waals surface area contributed by atoms with Crippen molar-refractivity contribution < 1.29 is 0 Å². The molecule has 2 rings (SSSR count). The van der Waals surface area contributed by atoms with Crippen LogP contribution in [0.5, 0.6) is 0 Å². The van der Waals surface area contributed by atoms with Gasteiger partial charge in [0.05, 0.1) is 0 Å². The minimum atomic E-state index is 1.08. The molecule has 0 aliphatic carbocycles. The lowest BCUT2D eigenvalue weighted by Gasteiger charge is -2.13. The van der Waals surface area contributed by atoms with Crippen molar-refractivity contribution in [1.82, 2.24) is 0 Å². The summed E-state index contributed by atoms with van der Waals surface area (Å²) < 4.78 is 0. The van der Waals surface area contributed by atoms with Crippen LogP contribution in [-0.2, 0) is 0 Å². The summed E-state index contributed by atoms with van der Waals surface area (Å²) in [4.78, 5) is 5.88. The molecule has 0 unspecified atom stereocenters. The topological polar surface area (TPSA) is 15.6 Å². The van der Waals surface area contributed by atoms with Crippen molar-refractivity contribution in [1.29, 1.82) is 0 Å². The van der Waals surface area contributed by atoms with E-state index in [-0.39, 0.29) is 0 Å². The van der Waals surface area contributed by atoms with Crippen molar-refractivity contribution in [2.24, 2.45) is 4.99 Å². The zero-order valence-electron chi connectivity index (χ0n) is 6.64. The fourth-order valence-electron chi connectivity index (χ4n) is 1.18. The second kappa shape index (κ2) is 2.81. The van der Waals surface area contributed by atoms with Crippen LogP contribution < -0.4 is 4.90 Å². The van der Waals surface area contributed by atoms with Gasteiger partial charge in [0.2, 0.25) is 0 Å². The van der Waals surface area contributed by atoms with Crippen LogP contribution in [0.25, 0.3) is 0 Å². The van der Waals surface area contributed by atoms with Crippen LogP contribution in [0.15, 0.2) is 41.7 Å². The van der Waals surface area contributed by atoms with E-state index in [1.54, 1.807) is 6.20 Å². The Bertz CT molecular complexity index is 339. The largest absolute Gasteiger partial charge is 0.344 e. The Labute approximate surface area is 71.9 Å². The first-order valence-corrected chi connectivity index (χ1v) is 3.76. The van der Waals surface area contributed by atoms with E-state index in [9.17, 15) is 0 Å². The molecule has 0 N–H and O–H groups in total. The van der Waals surface area contributed by atoms with Crippen LogP contribution >= 0.6 is 0 Å². The van der Waals surface area contributed by atoms with Gasteiger partial charge in [-0.3, -0.25) is 4.99 Å². The lowest BCUT2D eigenvalue weighted by molar-refractivity contribution is 1.28. The summed E-state index contributed by atoms with van der Waals surface area (Å²) in [5.74, 6) is 0. The highest BCUT2D eigenvalue weighted by Crippen LogP contribution is 2.19. The Balaban J connectivity index is 2.56. The molecule has 1 heterocycles. The highest BCUT2D eigenvalue weighted by molar-refractivity contribution is 5.89. The SMILES string of the molecule is [CH2]N1C=CN=Cc2ccccc21. The van der Waals surface area contributed by atoms with Gasteiger partial charge in [0.15, 0.2) is 0 Å². The van der Waals surface area contributed by atoms with Crippen molar-refractivity contribution in [3.63, 3.8) is 0 Å². The Hall–Kier alpha value is -1.57. The predicted molar refractivity (Wildman–Crippen MR) is 51.0 cm³/mol. The summed E-state index contributed by atoms with van der Waals surface area (Å²) >= 11 is 0. The summed E-state index contributed by atoms with van der Waals surface area (Å²) in [6.07, 6.45) is 5.40. The number of rotatable bonds is 0. The number of benzene rings is 1. The van der Waals surface area contributed by atoms with Gasteiger partial charge in [-0.1, -0.05) is 18.2 Å². The second-order valence-corrected chi connectivity index (χ2v) is 2.60. The van der Waals surface area contributed by atoms with E-state index in [1.165, 1.54) is 0 Å². The minimum Gasteiger partial charge on any atom is -0.344 e. The van der Waals surface area contributed by atoms with Crippen molar-refractivity contribution in [2.75, 3.05) is 4.90 Å².